The molecule has 19 heavy (non-hydrogen) atoms. The highest BCUT2D eigenvalue weighted by Gasteiger charge is 2.29. The van der Waals surface area contributed by atoms with Crippen molar-refractivity contribution in [2.24, 2.45) is 0 Å². The number of likely N-dealkylation sites (tertiary alicyclic amines) is 1. The van der Waals surface area contributed by atoms with Gasteiger partial charge in [0.25, 0.3) is 0 Å². The molecular weight excluding hydrogens is 244 g/mol. The monoisotopic (exact) mass is 262 g/mol. The summed E-state index contributed by atoms with van der Waals surface area (Å²) >= 11 is 0. The van der Waals surface area contributed by atoms with E-state index in [1.54, 1.807) is 11.8 Å². The van der Waals surface area contributed by atoms with Crippen LogP contribution in [0.4, 0.5) is 4.79 Å². The highest BCUT2D eigenvalue weighted by atomic mass is 16.5. The Labute approximate surface area is 112 Å². The third kappa shape index (κ3) is 3.25. The molecule has 1 saturated heterocycles. The average Bonchev–Trinajstić information content (AvgIpc) is 2.69. The summed E-state index contributed by atoms with van der Waals surface area (Å²) in [5.74, 6) is 3.50. The fourth-order valence-corrected chi connectivity index (χ4v) is 2.30. The first-order valence-corrected chi connectivity index (χ1v) is 6.50. The number of urea groups is 1. The van der Waals surface area contributed by atoms with Crippen LogP contribution in [0.3, 0.4) is 0 Å². The minimum atomic E-state index is -0.160. The van der Waals surface area contributed by atoms with Crippen LogP contribution in [0.15, 0.2) is 4.52 Å². The van der Waals surface area contributed by atoms with Gasteiger partial charge in [-0.25, -0.2) is 4.79 Å². The van der Waals surface area contributed by atoms with Gasteiger partial charge in [0.15, 0.2) is 5.82 Å². The van der Waals surface area contributed by atoms with Gasteiger partial charge in [-0.15, -0.1) is 6.42 Å². The number of carbonyl (C=O) groups is 1. The van der Waals surface area contributed by atoms with Crippen molar-refractivity contribution in [1.82, 2.24) is 20.4 Å². The molecule has 2 rings (SSSR count). The van der Waals surface area contributed by atoms with Crippen molar-refractivity contribution in [3.63, 3.8) is 0 Å². The lowest BCUT2D eigenvalue weighted by Crippen LogP contribution is -2.42. The zero-order valence-corrected chi connectivity index (χ0v) is 11.1. The second-order valence-electron chi connectivity index (χ2n) is 4.59. The van der Waals surface area contributed by atoms with Crippen molar-refractivity contribution >= 4 is 6.03 Å². The molecule has 6 nitrogen and oxygen atoms in total. The molecular formula is C13H18N4O2. The quantitative estimate of drug-likeness (QED) is 0.822. The fraction of sp³-hybridized carbons (Fsp3) is 0.615. The summed E-state index contributed by atoms with van der Waals surface area (Å²) < 4.78 is 5.02. The van der Waals surface area contributed by atoms with Gasteiger partial charge in [0, 0.05) is 13.5 Å². The summed E-state index contributed by atoms with van der Waals surface area (Å²) in [7, 11) is 0. The molecule has 2 amide bonds. The molecule has 0 aromatic carbocycles. The number of terminal acetylenes is 1. The van der Waals surface area contributed by atoms with E-state index in [1.807, 2.05) is 0 Å². The highest BCUT2D eigenvalue weighted by Crippen LogP contribution is 2.28. The normalized spacial score (nSPS) is 19.6. The molecule has 0 spiro atoms. The molecule has 0 bridgehead atoms. The first-order chi connectivity index (χ1) is 9.22. The van der Waals surface area contributed by atoms with Gasteiger partial charge >= 0.3 is 6.03 Å². The van der Waals surface area contributed by atoms with Gasteiger partial charge in [-0.2, -0.15) is 4.98 Å². The van der Waals surface area contributed by atoms with E-state index in [4.69, 9.17) is 10.9 Å². The standard InChI is InChI=1S/C13H18N4O2/c1-3-8-14-13(18)17-9-6-4-5-7-11(17)12-15-10(2)19-16-12/h1,11H,4-9H2,2H3,(H,14,18)/t11-/m1/s1. The Morgan fingerprint density at radius 3 is 3.11 bits per heavy atom. The number of rotatable bonds is 2. The summed E-state index contributed by atoms with van der Waals surface area (Å²) in [6, 6.07) is -0.287. The topological polar surface area (TPSA) is 71.3 Å². The zero-order chi connectivity index (χ0) is 13.7. The molecule has 1 N–H and O–H groups in total. The highest BCUT2D eigenvalue weighted by molar-refractivity contribution is 5.75. The van der Waals surface area contributed by atoms with Gasteiger partial charge < -0.3 is 14.7 Å². The second-order valence-corrected chi connectivity index (χ2v) is 4.59. The van der Waals surface area contributed by atoms with Crippen molar-refractivity contribution in [3.05, 3.63) is 11.7 Å². The Hall–Kier alpha value is -2.03. The van der Waals surface area contributed by atoms with Crippen LogP contribution in [0.1, 0.15) is 43.4 Å². The summed E-state index contributed by atoms with van der Waals surface area (Å²) in [5, 5.41) is 6.65. The van der Waals surface area contributed by atoms with Gasteiger partial charge in [-0.3, -0.25) is 0 Å². The molecule has 2 heterocycles. The predicted octanol–water partition coefficient (Wildman–Crippen LogP) is 1.64. The molecule has 0 radical (unpaired) electrons. The minimum Gasteiger partial charge on any atom is -0.340 e. The molecule has 102 valence electrons. The average molecular weight is 262 g/mol. The van der Waals surface area contributed by atoms with E-state index >= 15 is 0 Å². The number of aromatic nitrogens is 2. The van der Waals surface area contributed by atoms with Crippen LogP contribution in [0, 0.1) is 19.3 Å². The van der Waals surface area contributed by atoms with E-state index in [9.17, 15) is 4.79 Å². The Bertz CT molecular complexity index is 477. The SMILES string of the molecule is C#CCNC(=O)N1CCCCC[C@@H]1c1noc(C)n1. The molecule has 1 fully saturated rings. The van der Waals surface area contributed by atoms with Crippen molar-refractivity contribution in [2.45, 2.75) is 38.6 Å². The molecule has 1 aliphatic rings. The van der Waals surface area contributed by atoms with Gasteiger partial charge in [0.1, 0.15) is 0 Å². The fourth-order valence-electron chi connectivity index (χ4n) is 2.30. The van der Waals surface area contributed by atoms with E-state index in [-0.39, 0.29) is 18.6 Å². The number of hydrogen-bond donors (Lipinski definition) is 1. The first kappa shape index (κ1) is 13.4. The summed E-state index contributed by atoms with van der Waals surface area (Å²) in [6.45, 7) is 2.66. The van der Waals surface area contributed by atoms with Crippen molar-refractivity contribution in [2.75, 3.05) is 13.1 Å². The third-order valence-electron chi connectivity index (χ3n) is 3.20. The van der Waals surface area contributed by atoms with Crippen molar-refractivity contribution in [1.29, 1.82) is 0 Å². The largest absolute Gasteiger partial charge is 0.340 e. The van der Waals surface area contributed by atoms with Crippen LogP contribution in [0.2, 0.25) is 0 Å². The van der Waals surface area contributed by atoms with Crippen LogP contribution >= 0.6 is 0 Å². The van der Waals surface area contributed by atoms with E-state index in [0.29, 0.717) is 18.3 Å². The maximum Gasteiger partial charge on any atom is 0.318 e. The Morgan fingerprint density at radius 2 is 2.42 bits per heavy atom. The molecule has 0 saturated carbocycles. The van der Waals surface area contributed by atoms with Gasteiger partial charge in [-0.1, -0.05) is 23.9 Å². The van der Waals surface area contributed by atoms with E-state index in [2.05, 4.69) is 21.4 Å². The molecule has 6 heteroatoms. The molecule has 1 aromatic rings. The third-order valence-corrected chi connectivity index (χ3v) is 3.20. The number of nitrogens with one attached hydrogen (secondary N) is 1. The minimum absolute atomic E-state index is 0.127. The van der Waals surface area contributed by atoms with Crippen LogP contribution in [0.25, 0.3) is 0 Å². The summed E-state index contributed by atoms with van der Waals surface area (Å²) in [6.07, 6.45) is 9.15. The zero-order valence-electron chi connectivity index (χ0n) is 11.1. The first-order valence-electron chi connectivity index (χ1n) is 6.50. The van der Waals surface area contributed by atoms with Gasteiger partial charge in [0.05, 0.1) is 12.6 Å². The van der Waals surface area contributed by atoms with E-state index < -0.39 is 0 Å². The van der Waals surface area contributed by atoms with Crippen LogP contribution < -0.4 is 5.32 Å². The summed E-state index contributed by atoms with van der Waals surface area (Å²) in [4.78, 5) is 18.1. The maximum atomic E-state index is 12.1. The van der Waals surface area contributed by atoms with E-state index in [1.165, 1.54) is 0 Å². The molecule has 1 atom stereocenters. The van der Waals surface area contributed by atoms with Crippen LogP contribution in [-0.4, -0.2) is 34.2 Å². The Morgan fingerprint density at radius 1 is 1.58 bits per heavy atom. The number of hydrogen-bond acceptors (Lipinski definition) is 4. The lowest BCUT2D eigenvalue weighted by atomic mass is 10.1. The number of amides is 2. The molecule has 0 aliphatic carbocycles. The lowest BCUT2D eigenvalue weighted by Gasteiger charge is -2.27. The van der Waals surface area contributed by atoms with E-state index in [0.717, 1.165) is 25.7 Å². The number of nitrogens with zero attached hydrogens (tertiary/aromatic N) is 3. The molecule has 1 aromatic heterocycles. The number of carbonyl (C=O) groups excluding carboxylic acids is 1. The van der Waals surface area contributed by atoms with Crippen molar-refractivity contribution < 1.29 is 9.32 Å². The van der Waals surface area contributed by atoms with Crippen molar-refractivity contribution in [3.8, 4) is 12.3 Å². The smallest absolute Gasteiger partial charge is 0.318 e. The second kappa shape index (κ2) is 6.23. The lowest BCUT2D eigenvalue weighted by molar-refractivity contribution is 0.172. The maximum absolute atomic E-state index is 12.1. The Kier molecular flexibility index (Phi) is 4.39. The van der Waals surface area contributed by atoms with Gasteiger partial charge in [0.2, 0.25) is 5.89 Å². The Balaban J connectivity index is 2.16. The molecule has 0 unspecified atom stereocenters. The predicted molar refractivity (Wildman–Crippen MR) is 69.2 cm³/mol. The van der Waals surface area contributed by atoms with Crippen LogP contribution in [0.5, 0.6) is 0 Å². The summed E-state index contributed by atoms with van der Waals surface area (Å²) in [5.41, 5.74) is 0. The molecule has 1 aliphatic heterocycles. The van der Waals surface area contributed by atoms with Crippen LogP contribution in [-0.2, 0) is 0 Å². The van der Waals surface area contributed by atoms with Gasteiger partial charge in [-0.05, 0) is 12.8 Å². The number of aryl methyl sites for hydroxylation is 1.